The molecule has 3 amide bonds. The van der Waals surface area contributed by atoms with Crippen LogP contribution in [0.3, 0.4) is 0 Å². The van der Waals surface area contributed by atoms with E-state index in [1.807, 2.05) is 6.42 Å². The van der Waals surface area contributed by atoms with Crippen molar-refractivity contribution in [2.75, 3.05) is 13.6 Å². The summed E-state index contributed by atoms with van der Waals surface area (Å²) in [5.74, 6) is -0.644. The van der Waals surface area contributed by atoms with Gasteiger partial charge >= 0.3 is 31.1 Å². The van der Waals surface area contributed by atoms with Crippen LogP contribution < -0.4 is 16.0 Å². The van der Waals surface area contributed by atoms with Gasteiger partial charge in [-0.2, -0.15) is 6.42 Å². The Balaban J connectivity index is 0.00000400. The summed E-state index contributed by atoms with van der Waals surface area (Å²) in [5.41, 5.74) is 0. The number of hydrogen-bond donors (Lipinski definition) is 3. The van der Waals surface area contributed by atoms with Crippen molar-refractivity contribution in [3.63, 3.8) is 0 Å². The second-order valence-electron chi connectivity index (χ2n) is 5.08. The Morgan fingerprint density at radius 2 is 2.05 bits per heavy atom. The summed E-state index contributed by atoms with van der Waals surface area (Å²) in [7, 11) is 1.56. The van der Waals surface area contributed by atoms with Crippen LogP contribution in [0.25, 0.3) is 0 Å². The maximum absolute atomic E-state index is 12.0. The summed E-state index contributed by atoms with van der Waals surface area (Å²) >= 11 is 0. The summed E-state index contributed by atoms with van der Waals surface area (Å²) in [6.07, 6.45) is 4.92. The third-order valence-electron chi connectivity index (χ3n) is 3.43. The SMILES string of the molecule is CNC(=O)C1CCCCNC(=O)CC[CH-]C(C)C(=O)N1.[U+2]. The third-order valence-corrected chi connectivity index (χ3v) is 3.43. The van der Waals surface area contributed by atoms with Crippen molar-refractivity contribution < 1.29 is 45.5 Å². The molecule has 0 bridgehead atoms. The van der Waals surface area contributed by atoms with E-state index >= 15 is 0 Å². The third kappa shape index (κ3) is 7.87. The van der Waals surface area contributed by atoms with Gasteiger partial charge in [0.1, 0.15) is 6.04 Å². The predicted molar refractivity (Wildman–Crippen MR) is 75.6 cm³/mol. The minimum absolute atomic E-state index is 0. The molecule has 0 saturated carbocycles. The molecule has 21 heavy (non-hydrogen) atoms. The number of rotatable bonds is 1. The van der Waals surface area contributed by atoms with Gasteiger partial charge in [-0.15, -0.1) is 0 Å². The molecule has 2 unspecified atom stereocenters. The summed E-state index contributed by atoms with van der Waals surface area (Å²) in [4.78, 5) is 35.3. The number of likely N-dealkylation sites (N-methyl/N-ethyl adjacent to an activating group) is 1. The maximum Gasteiger partial charge on any atom is 2.00 e. The van der Waals surface area contributed by atoms with E-state index in [4.69, 9.17) is 0 Å². The van der Waals surface area contributed by atoms with Crippen molar-refractivity contribution in [2.24, 2.45) is 5.92 Å². The normalized spacial score (nSPS) is 25.0. The molecule has 0 aromatic rings. The molecule has 116 valence electrons. The van der Waals surface area contributed by atoms with Crippen molar-refractivity contribution in [3.8, 4) is 0 Å². The minimum Gasteiger partial charge on any atom is -0.357 e. The van der Waals surface area contributed by atoms with Crippen molar-refractivity contribution >= 4 is 17.7 Å². The first kappa shape index (κ1) is 20.5. The Kier molecular flexibility index (Phi) is 10.8. The molecule has 1 fully saturated rings. The molecular weight excluding hydrogens is 496 g/mol. The molecule has 1 aliphatic heterocycles. The van der Waals surface area contributed by atoms with Crippen LogP contribution in [0.1, 0.15) is 39.0 Å². The van der Waals surface area contributed by atoms with Gasteiger partial charge in [0, 0.05) is 13.6 Å². The van der Waals surface area contributed by atoms with Crippen LogP contribution in [0, 0.1) is 43.5 Å². The molecule has 0 aromatic carbocycles. The van der Waals surface area contributed by atoms with Gasteiger partial charge in [-0.1, -0.05) is 12.8 Å². The molecule has 6 nitrogen and oxygen atoms in total. The van der Waals surface area contributed by atoms with Crippen LogP contribution in [-0.4, -0.2) is 37.4 Å². The smallest absolute Gasteiger partial charge is 0.357 e. The Morgan fingerprint density at radius 3 is 2.71 bits per heavy atom. The summed E-state index contributed by atoms with van der Waals surface area (Å²) in [6, 6.07) is -0.500. The van der Waals surface area contributed by atoms with Gasteiger partial charge in [-0.05, 0) is 25.7 Å². The second kappa shape index (κ2) is 11.1. The Labute approximate surface area is 149 Å². The zero-order valence-corrected chi connectivity index (χ0v) is 16.9. The molecule has 1 rings (SSSR count). The van der Waals surface area contributed by atoms with Crippen LogP contribution in [-0.2, 0) is 14.4 Å². The quantitative estimate of drug-likeness (QED) is 0.430. The van der Waals surface area contributed by atoms with Gasteiger partial charge in [0.2, 0.25) is 11.8 Å². The fraction of sp³-hybridized carbons (Fsp3) is 0.714. The van der Waals surface area contributed by atoms with Gasteiger partial charge in [0.05, 0.1) is 0 Å². The standard InChI is InChI=1S/C14H24N3O3.U/c1-10-6-5-8-12(18)16-9-4-3-7-11(14(20)15-2)17-13(10)19;/h6,10-11H,3-5,7-9H2,1-2H3,(H,15,20)(H,16,18)(H,17,19);/q-1;+2. The topological polar surface area (TPSA) is 87.3 Å². The summed E-state index contributed by atoms with van der Waals surface area (Å²) in [5, 5.41) is 8.19. The van der Waals surface area contributed by atoms with E-state index in [-0.39, 0.29) is 54.8 Å². The first-order valence-electron chi connectivity index (χ1n) is 7.16. The number of hydrogen-bond acceptors (Lipinski definition) is 3. The van der Waals surface area contributed by atoms with Crippen LogP contribution in [0.5, 0.6) is 0 Å². The van der Waals surface area contributed by atoms with E-state index in [0.717, 1.165) is 12.8 Å². The van der Waals surface area contributed by atoms with Gasteiger partial charge in [0.25, 0.3) is 0 Å². The minimum atomic E-state index is -0.500. The fourth-order valence-electron chi connectivity index (χ4n) is 2.11. The molecule has 1 heterocycles. The van der Waals surface area contributed by atoms with Crippen molar-refractivity contribution in [1.29, 1.82) is 0 Å². The maximum atomic E-state index is 12.0. The summed E-state index contributed by atoms with van der Waals surface area (Å²) < 4.78 is 0. The molecule has 3 N–H and O–H groups in total. The molecule has 0 radical (unpaired) electrons. The van der Waals surface area contributed by atoms with Crippen LogP contribution in [0.2, 0.25) is 0 Å². The zero-order valence-electron chi connectivity index (χ0n) is 12.7. The Morgan fingerprint density at radius 1 is 1.33 bits per heavy atom. The molecule has 0 aliphatic carbocycles. The first-order chi connectivity index (χ1) is 9.54. The van der Waals surface area contributed by atoms with Crippen molar-refractivity contribution in [2.45, 2.75) is 45.1 Å². The molecule has 1 saturated heterocycles. The van der Waals surface area contributed by atoms with E-state index in [9.17, 15) is 14.4 Å². The average Bonchev–Trinajstić information content (AvgIpc) is 2.44. The van der Waals surface area contributed by atoms with E-state index < -0.39 is 6.04 Å². The molecular formula is C14H24N3O3U+. The van der Waals surface area contributed by atoms with Gasteiger partial charge in [-0.25, -0.2) is 0 Å². The monoisotopic (exact) mass is 520 g/mol. The zero-order chi connectivity index (χ0) is 15.0. The molecule has 1 aliphatic rings. The molecule has 7 heteroatoms. The van der Waals surface area contributed by atoms with E-state index in [1.54, 1.807) is 14.0 Å². The van der Waals surface area contributed by atoms with Crippen LogP contribution in [0.15, 0.2) is 0 Å². The fourth-order valence-corrected chi connectivity index (χ4v) is 2.11. The van der Waals surface area contributed by atoms with E-state index in [2.05, 4.69) is 16.0 Å². The number of nitrogens with one attached hydrogen (secondary N) is 3. The van der Waals surface area contributed by atoms with Crippen molar-refractivity contribution in [1.82, 2.24) is 16.0 Å². The van der Waals surface area contributed by atoms with Crippen LogP contribution >= 0.6 is 0 Å². The van der Waals surface area contributed by atoms with Crippen molar-refractivity contribution in [3.05, 3.63) is 6.42 Å². The van der Waals surface area contributed by atoms with Gasteiger partial charge in [0.15, 0.2) is 5.91 Å². The van der Waals surface area contributed by atoms with E-state index in [1.165, 1.54) is 0 Å². The molecule has 2 atom stereocenters. The largest absolute Gasteiger partial charge is 2.00 e. The summed E-state index contributed by atoms with van der Waals surface area (Å²) in [6.45, 7) is 2.39. The van der Waals surface area contributed by atoms with Crippen LogP contribution in [0.4, 0.5) is 0 Å². The number of amides is 3. The molecule has 0 aromatic heterocycles. The molecule has 0 spiro atoms. The van der Waals surface area contributed by atoms with Gasteiger partial charge in [-0.3, -0.25) is 14.4 Å². The number of carbonyl (C=O) groups excluding carboxylic acids is 3. The Bertz CT molecular complexity index is 363. The number of carbonyl (C=O) groups is 3. The van der Waals surface area contributed by atoms with Gasteiger partial charge < -0.3 is 22.4 Å². The Hall–Kier alpha value is -0.538. The van der Waals surface area contributed by atoms with E-state index in [0.29, 0.717) is 25.8 Å². The predicted octanol–water partition coefficient (Wildman–Crippen LogP) is 0.138. The average molecular weight is 520 g/mol. The second-order valence-corrected chi connectivity index (χ2v) is 5.08. The first-order valence-corrected chi connectivity index (χ1v) is 7.16.